The third kappa shape index (κ3) is 2.33. The van der Waals surface area contributed by atoms with Gasteiger partial charge in [0.2, 0.25) is 0 Å². The quantitative estimate of drug-likeness (QED) is 0.679. The number of hydrogen-bond acceptors (Lipinski definition) is 3. The van der Waals surface area contributed by atoms with E-state index in [-0.39, 0.29) is 5.91 Å². The molecule has 0 fully saturated rings. The number of hydrogen-bond donors (Lipinski definition) is 0. The fourth-order valence-corrected chi connectivity index (χ4v) is 1.51. The van der Waals surface area contributed by atoms with Gasteiger partial charge in [0.05, 0.1) is 12.4 Å². The van der Waals surface area contributed by atoms with E-state index in [0.717, 1.165) is 13.0 Å². The Kier molecular flexibility index (Phi) is 2.97. The third-order valence-corrected chi connectivity index (χ3v) is 2.38. The van der Waals surface area contributed by atoms with E-state index in [1.165, 1.54) is 12.4 Å². The Labute approximate surface area is 92.6 Å². The maximum absolute atomic E-state index is 11.9. The van der Waals surface area contributed by atoms with Gasteiger partial charge in [0.25, 0.3) is 5.91 Å². The molecule has 1 amide bonds. The van der Waals surface area contributed by atoms with E-state index in [1.807, 2.05) is 6.08 Å². The van der Waals surface area contributed by atoms with Crippen LogP contribution in [0.1, 0.15) is 16.9 Å². The van der Waals surface area contributed by atoms with Gasteiger partial charge in [-0.25, -0.2) is 9.97 Å². The van der Waals surface area contributed by atoms with Crippen molar-refractivity contribution in [2.75, 3.05) is 13.1 Å². The second-order valence-corrected chi connectivity index (χ2v) is 3.62. The molecule has 0 saturated carbocycles. The van der Waals surface area contributed by atoms with Gasteiger partial charge < -0.3 is 4.90 Å². The predicted octanol–water partition coefficient (Wildman–Crippen LogP) is 1.53. The molecular weight excluding hydrogens is 214 g/mol. The number of rotatable bonds is 1. The summed E-state index contributed by atoms with van der Waals surface area (Å²) in [6, 6.07) is 0. The van der Waals surface area contributed by atoms with Gasteiger partial charge in [-0.2, -0.15) is 0 Å². The second kappa shape index (κ2) is 4.40. The molecule has 0 unspecified atom stereocenters. The highest BCUT2D eigenvalue weighted by molar-refractivity contribution is 6.29. The molecular formula is C10H10ClN3O. The van der Waals surface area contributed by atoms with Crippen LogP contribution in [0.25, 0.3) is 0 Å². The number of halogens is 1. The van der Waals surface area contributed by atoms with Crippen LogP contribution in [0.4, 0.5) is 0 Å². The van der Waals surface area contributed by atoms with E-state index < -0.39 is 0 Å². The zero-order chi connectivity index (χ0) is 10.7. The maximum atomic E-state index is 11.9. The van der Waals surface area contributed by atoms with E-state index >= 15 is 0 Å². The molecule has 0 N–H and O–H groups in total. The Morgan fingerprint density at radius 2 is 2.20 bits per heavy atom. The molecule has 0 saturated heterocycles. The van der Waals surface area contributed by atoms with E-state index in [4.69, 9.17) is 11.6 Å². The zero-order valence-electron chi connectivity index (χ0n) is 8.06. The average Bonchev–Trinajstić information content (AvgIpc) is 2.30. The molecule has 4 nitrogen and oxygen atoms in total. The van der Waals surface area contributed by atoms with Crippen molar-refractivity contribution in [1.29, 1.82) is 0 Å². The molecule has 0 aromatic carbocycles. The molecule has 2 heterocycles. The molecule has 78 valence electrons. The van der Waals surface area contributed by atoms with Crippen molar-refractivity contribution in [1.82, 2.24) is 14.9 Å². The highest BCUT2D eigenvalue weighted by Crippen LogP contribution is 2.08. The van der Waals surface area contributed by atoms with Gasteiger partial charge in [-0.3, -0.25) is 4.79 Å². The molecule has 0 aliphatic carbocycles. The summed E-state index contributed by atoms with van der Waals surface area (Å²) in [6.07, 6.45) is 7.73. The largest absolute Gasteiger partial charge is 0.333 e. The molecule has 0 bridgehead atoms. The van der Waals surface area contributed by atoms with Crippen LogP contribution in [0.2, 0.25) is 5.15 Å². The van der Waals surface area contributed by atoms with Crippen LogP contribution in [-0.4, -0.2) is 33.9 Å². The lowest BCUT2D eigenvalue weighted by atomic mass is 10.2. The predicted molar refractivity (Wildman–Crippen MR) is 56.7 cm³/mol. The van der Waals surface area contributed by atoms with Crippen LogP contribution in [-0.2, 0) is 0 Å². The lowest BCUT2D eigenvalue weighted by Crippen LogP contribution is -2.34. The Balaban J connectivity index is 2.13. The summed E-state index contributed by atoms with van der Waals surface area (Å²) in [5.41, 5.74) is 0.342. The third-order valence-electron chi connectivity index (χ3n) is 2.18. The van der Waals surface area contributed by atoms with E-state index in [9.17, 15) is 4.79 Å². The Morgan fingerprint density at radius 3 is 2.80 bits per heavy atom. The minimum Gasteiger partial charge on any atom is -0.333 e. The van der Waals surface area contributed by atoms with Gasteiger partial charge >= 0.3 is 0 Å². The molecule has 1 aliphatic heterocycles. The van der Waals surface area contributed by atoms with Crippen molar-refractivity contribution in [2.45, 2.75) is 6.42 Å². The first-order chi connectivity index (χ1) is 7.27. The minimum absolute atomic E-state index is 0.0940. The minimum atomic E-state index is -0.0940. The summed E-state index contributed by atoms with van der Waals surface area (Å²) in [5.74, 6) is -0.0940. The maximum Gasteiger partial charge on any atom is 0.274 e. The van der Waals surface area contributed by atoms with Crippen molar-refractivity contribution in [3.8, 4) is 0 Å². The Morgan fingerprint density at radius 1 is 1.33 bits per heavy atom. The van der Waals surface area contributed by atoms with Crippen molar-refractivity contribution in [2.24, 2.45) is 0 Å². The smallest absolute Gasteiger partial charge is 0.274 e. The van der Waals surface area contributed by atoms with Crippen molar-refractivity contribution < 1.29 is 4.79 Å². The summed E-state index contributed by atoms with van der Waals surface area (Å²) in [6.45, 7) is 1.38. The molecule has 0 atom stereocenters. The standard InChI is InChI=1S/C10H10ClN3O/c11-9-7-12-8(6-13-9)10(15)14-4-2-1-3-5-14/h1-2,6-7H,3-5H2. The number of nitrogens with zero attached hydrogens (tertiary/aromatic N) is 3. The van der Waals surface area contributed by atoms with Crippen molar-refractivity contribution in [3.63, 3.8) is 0 Å². The average molecular weight is 224 g/mol. The molecule has 2 rings (SSSR count). The van der Waals surface area contributed by atoms with Crippen molar-refractivity contribution >= 4 is 17.5 Å². The fourth-order valence-electron chi connectivity index (χ4n) is 1.41. The highest BCUT2D eigenvalue weighted by Gasteiger charge is 2.17. The molecule has 1 aliphatic rings. The number of aromatic nitrogens is 2. The van der Waals surface area contributed by atoms with Gasteiger partial charge in [-0.05, 0) is 6.42 Å². The lowest BCUT2D eigenvalue weighted by molar-refractivity contribution is 0.0764. The van der Waals surface area contributed by atoms with Crippen LogP contribution in [0.3, 0.4) is 0 Å². The second-order valence-electron chi connectivity index (χ2n) is 3.24. The number of amides is 1. The van der Waals surface area contributed by atoms with Gasteiger partial charge in [0.1, 0.15) is 10.8 Å². The van der Waals surface area contributed by atoms with E-state index in [0.29, 0.717) is 17.4 Å². The van der Waals surface area contributed by atoms with Gasteiger partial charge in [-0.15, -0.1) is 0 Å². The van der Waals surface area contributed by atoms with Crippen LogP contribution >= 0.6 is 11.6 Å². The highest BCUT2D eigenvalue weighted by atomic mass is 35.5. The first kappa shape index (κ1) is 10.1. The zero-order valence-corrected chi connectivity index (χ0v) is 8.81. The first-order valence-corrected chi connectivity index (χ1v) is 5.07. The first-order valence-electron chi connectivity index (χ1n) is 4.69. The lowest BCUT2D eigenvalue weighted by Gasteiger charge is -2.22. The molecule has 1 aromatic heterocycles. The fraction of sp³-hybridized carbons (Fsp3) is 0.300. The molecule has 0 radical (unpaired) electrons. The Hall–Kier alpha value is -1.42. The monoisotopic (exact) mass is 223 g/mol. The molecule has 1 aromatic rings. The van der Waals surface area contributed by atoms with Gasteiger partial charge in [0, 0.05) is 13.1 Å². The number of carbonyl (C=O) groups excluding carboxylic acids is 1. The van der Waals surface area contributed by atoms with Crippen LogP contribution in [0.15, 0.2) is 24.5 Å². The number of carbonyl (C=O) groups is 1. The summed E-state index contributed by atoms with van der Waals surface area (Å²) >= 11 is 5.59. The summed E-state index contributed by atoms with van der Waals surface area (Å²) in [7, 11) is 0. The summed E-state index contributed by atoms with van der Waals surface area (Å²) in [4.78, 5) is 21.4. The topological polar surface area (TPSA) is 46.1 Å². The van der Waals surface area contributed by atoms with Crippen LogP contribution < -0.4 is 0 Å². The van der Waals surface area contributed by atoms with Crippen LogP contribution in [0, 0.1) is 0 Å². The SMILES string of the molecule is O=C(c1cnc(Cl)cn1)N1CC=CCC1. The molecule has 15 heavy (non-hydrogen) atoms. The molecule has 0 spiro atoms. The Bertz CT molecular complexity index is 388. The van der Waals surface area contributed by atoms with Crippen molar-refractivity contribution in [3.05, 3.63) is 35.4 Å². The van der Waals surface area contributed by atoms with E-state index in [2.05, 4.69) is 16.0 Å². The summed E-state index contributed by atoms with van der Waals surface area (Å²) in [5, 5.41) is 0.296. The normalized spacial score (nSPS) is 15.4. The van der Waals surface area contributed by atoms with Gasteiger partial charge in [-0.1, -0.05) is 23.8 Å². The van der Waals surface area contributed by atoms with Crippen LogP contribution in [0.5, 0.6) is 0 Å². The van der Waals surface area contributed by atoms with Gasteiger partial charge in [0.15, 0.2) is 0 Å². The molecule has 5 heteroatoms. The summed E-state index contributed by atoms with van der Waals surface area (Å²) < 4.78 is 0. The van der Waals surface area contributed by atoms with E-state index in [1.54, 1.807) is 4.90 Å².